The van der Waals surface area contributed by atoms with E-state index in [0.717, 1.165) is 53.9 Å². The maximum Gasteiger partial charge on any atom is 0.331 e. The number of esters is 2. The lowest BCUT2D eigenvalue weighted by atomic mass is 9.82. The molecule has 69 heavy (non-hydrogen) atoms. The summed E-state index contributed by atoms with van der Waals surface area (Å²) in [6.07, 6.45) is 5.46. The summed E-state index contributed by atoms with van der Waals surface area (Å²) >= 11 is 0. The highest BCUT2D eigenvalue weighted by molar-refractivity contribution is 5.91. The van der Waals surface area contributed by atoms with Gasteiger partial charge in [0, 0.05) is 66.5 Å². The fourth-order valence-electron chi connectivity index (χ4n) is 10.4. The molecule has 2 heterocycles. The van der Waals surface area contributed by atoms with Crippen molar-refractivity contribution in [3.63, 3.8) is 0 Å². The van der Waals surface area contributed by atoms with Crippen molar-refractivity contribution in [1.82, 2.24) is 0 Å². The van der Waals surface area contributed by atoms with Crippen LogP contribution in [0.25, 0.3) is 0 Å². The van der Waals surface area contributed by atoms with Crippen LogP contribution in [0, 0.1) is 0 Å². The third-order valence-electron chi connectivity index (χ3n) is 14.0. The van der Waals surface area contributed by atoms with Gasteiger partial charge >= 0.3 is 11.9 Å². The average molecular weight is 959 g/mol. The Morgan fingerprint density at radius 1 is 0.594 bits per heavy atom. The minimum Gasteiger partial charge on any atom is -0.496 e. The Morgan fingerprint density at radius 2 is 1.16 bits per heavy atom. The Hall–Kier alpha value is -6.04. The molecule has 3 N–H and O–H groups in total. The van der Waals surface area contributed by atoms with Gasteiger partial charge in [0.05, 0.1) is 129 Å². The number of quaternary nitrogens is 2. The molecule has 0 fully saturated rings. The maximum absolute atomic E-state index is 12.9. The third-order valence-corrected chi connectivity index (χ3v) is 14.0. The Bertz CT molecular complexity index is 2450. The average Bonchev–Trinajstić information content (AvgIpc) is 3.37. The van der Waals surface area contributed by atoms with Gasteiger partial charge < -0.3 is 66.9 Å². The molecule has 4 unspecified atom stereocenters. The van der Waals surface area contributed by atoms with E-state index in [0.29, 0.717) is 105 Å². The number of ether oxygens (including phenoxy) is 9. The van der Waals surface area contributed by atoms with E-state index in [1.807, 2.05) is 30.3 Å². The number of hydrogen-bond acceptors (Lipinski definition) is 14. The van der Waals surface area contributed by atoms with Crippen molar-refractivity contribution in [3.05, 3.63) is 111 Å². The normalized spacial score (nSPS) is 19.5. The summed E-state index contributed by atoms with van der Waals surface area (Å²) in [5.74, 6) is 2.75. The first kappa shape index (κ1) is 52.3. The number of aliphatic hydroxyl groups excluding tert-OH is 3. The maximum atomic E-state index is 12.9. The molecular formula is C53H70N2O14+2. The summed E-state index contributed by atoms with van der Waals surface area (Å²) in [7, 11) is 15.5. The van der Waals surface area contributed by atoms with E-state index in [2.05, 4.69) is 32.3 Å². The van der Waals surface area contributed by atoms with Gasteiger partial charge in [0.2, 0.25) is 0 Å². The molecule has 0 saturated heterocycles. The second-order valence-electron chi connectivity index (χ2n) is 18.0. The molecule has 0 amide bonds. The predicted octanol–water partition coefficient (Wildman–Crippen LogP) is 5.73. The minimum atomic E-state index is -0.663. The highest BCUT2D eigenvalue weighted by Gasteiger charge is 2.44. The highest BCUT2D eigenvalue weighted by atomic mass is 16.5. The molecule has 0 aliphatic carbocycles. The number of fused-ring (bicyclic) bond motifs is 2. The second kappa shape index (κ2) is 23.5. The van der Waals surface area contributed by atoms with Crippen molar-refractivity contribution in [2.75, 3.05) is 103 Å². The van der Waals surface area contributed by atoms with Crippen LogP contribution < -0.4 is 33.2 Å². The number of rotatable bonds is 23. The lowest BCUT2D eigenvalue weighted by Gasteiger charge is -2.47. The lowest BCUT2D eigenvalue weighted by molar-refractivity contribution is -0.941. The summed E-state index contributed by atoms with van der Waals surface area (Å²) in [4.78, 5) is 25.8. The Balaban J connectivity index is 1.09. The Morgan fingerprint density at radius 3 is 1.74 bits per heavy atom. The van der Waals surface area contributed by atoms with E-state index >= 15 is 0 Å². The van der Waals surface area contributed by atoms with Gasteiger partial charge in [0.25, 0.3) is 0 Å². The van der Waals surface area contributed by atoms with E-state index in [9.17, 15) is 24.9 Å². The number of likely N-dealkylation sites (N-methyl/N-ethyl adjacent to an activating group) is 2. The summed E-state index contributed by atoms with van der Waals surface area (Å²) in [6, 6.07) is 15.5. The number of aliphatic hydroxyl groups is 3. The molecule has 0 saturated carbocycles. The number of benzene rings is 4. The van der Waals surface area contributed by atoms with Crippen molar-refractivity contribution in [1.29, 1.82) is 0 Å². The molecule has 6 rings (SSSR count). The SMILES string of the molecule is COc1ccc(CC2c3cc(OC)c(OC)cc3CC[N+]2(C)CCCOC(=O)C=CC(=O)OCCC[N+]2(C)CCc3cc(CO)c(CO)c(OC)c3C2c2cc(CO)c(OC)c(OC)c2)cc1OC. The molecular weight excluding hydrogens is 889 g/mol. The lowest BCUT2D eigenvalue weighted by Crippen LogP contribution is -2.52. The van der Waals surface area contributed by atoms with Crippen molar-refractivity contribution in [3.8, 4) is 40.2 Å². The van der Waals surface area contributed by atoms with E-state index in [1.54, 1.807) is 42.7 Å². The number of nitrogens with zero attached hydrogens (tertiary/aromatic N) is 2. The summed E-state index contributed by atoms with van der Waals surface area (Å²) < 4.78 is 52.1. The molecule has 4 atom stereocenters. The number of carbonyl (C=O) groups excluding carboxylic acids is 2. The molecule has 0 spiro atoms. The first-order valence-electron chi connectivity index (χ1n) is 23.2. The highest BCUT2D eigenvalue weighted by Crippen LogP contribution is 2.49. The van der Waals surface area contributed by atoms with Crippen molar-refractivity contribution in [2.45, 2.75) is 64.0 Å². The predicted molar refractivity (Wildman–Crippen MR) is 257 cm³/mol. The van der Waals surface area contributed by atoms with Gasteiger partial charge in [-0.3, -0.25) is 0 Å². The van der Waals surface area contributed by atoms with Crippen LogP contribution in [0.4, 0.5) is 0 Å². The zero-order chi connectivity index (χ0) is 49.9. The van der Waals surface area contributed by atoms with Gasteiger partial charge in [-0.1, -0.05) is 12.1 Å². The Kier molecular flexibility index (Phi) is 17.8. The van der Waals surface area contributed by atoms with Crippen molar-refractivity contribution in [2.24, 2.45) is 0 Å². The number of methoxy groups -OCH3 is 7. The van der Waals surface area contributed by atoms with Crippen LogP contribution in [0.1, 0.15) is 75.0 Å². The number of hydrogen-bond donors (Lipinski definition) is 3. The first-order chi connectivity index (χ1) is 33.3. The molecule has 2 aliphatic rings. The van der Waals surface area contributed by atoms with E-state index in [1.165, 1.54) is 18.2 Å². The van der Waals surface area contributed by atoms with Gasteiger partial charge in [0.15, 0.2) is 34.5 Å². The first-order valence-corrected chi connectivity index (χ1v) is 23.2. The van der Waals surface area contributed by atoms with Gasteiger partial charge in [0.1, 0.15) is 17.8 Å². The van der Waals surface area contributed by atoms with Crippen LogP contribution >= 0.6 is 0 Å². The summed E-state index contributed by atoms with van der Waals surface area (Å²) in [6.45, 7) is 2.19. The van der Waals surface area contributed by atoms with Gasteiger partial charge in [-0.15, -0.1) is 0 Å². The third kappa shape index (κ3) is 11.4. The zero-order valence-corrected chi connectivity index (χ0v) is 41.6. The molecule has 4 aromatic rings. The molecule has 16 nitrogen and oxygen atoms in total. The van der Waals surface area contributed by atoms with Gasteiger partial charge in [-0.2, -0.15) is 0 Å². The van der Waals surface area contributed by atoms with Gasteiger partial charge in [-0.05, 0) is 58.7 Å². The van der Waals surface area contributed by atoms with Crippen LogP contribution in [-0.4, -0.2) is 139 Å². The summed E-state index contributed by atoms with van der Waals surface area (Å²) in [5.41, 5.74) is 7.77. The second-order valence-corrected chi connectivity index (χ2v) is 18.0. The van der Waals surface area contributed by atoms with E-state index < -0.39 is 11.9 Å². The molecule has 4 aromatic carbocycles. The van der Waals surface area contributed by atoms with E-state index in [-0.39, 0.29) is 45.1 Å². The quantitative estimate of drug-likeness (QED) is 0.0356. The molecule has 0 aromatic heterocycles. The van der Waals surface area contributed by atoms with Crippen LogP contribution in [-0.2, 0) is 58.1 Å². The van der Waals surface area contributed by atoms with Crippen LogP contribution in [0.15, 0.2) is 60.7 Å². The topological polar surface area (TPSA) is 178 Å². The standard InChI is InChI=1S/C53H70N2O14/c1-54(20-16-35-28-45(63-5)46(64-6)30-40(35)42(54)24-34-12-13-43(61-3)44(25-34)62-4)18-10-22-68-48(59)14-15-49(60)69-23-11-19-55(2)21-17-36-26-38(31-56)41(33-58)53(67-9)50(36)51(55)37-27-39(32-57)52(66-8)47(29-37)65-7/h12-15,25-30,42,51,56-58H,10-11,16-24,31-33H2,1-9H3/q+2. The monoisotopic (exact) mass is 958 g/mol. The fourth-order valence-corrected chi connectivity index (χ4v) is 10.4. The molecule has 374 valence electrons. The number of carbonyl (C=O) groups is 2. The van der Waals surface area contributed by atoms with E-state index in [4.69, 9.17) is 42.6 Å². The summed E-state index contributed by atoms with van der Waals surface area (Å²) in [5, 5.41) is 31.1. The van der Waals surface area contributed by atoms with Crippen molar-refractivity contribution < 1.29 is 76.5 Å². The zero-order valence-electron chi connectivity index (χ0n) is 41.6. The van der Waals surface area contributed by atoms with Crippen LogP contribution in [0.5, 0.6) is 40.2 Å². The smallest absolute Gasteiger partial charge is 0.331 e. The van der Waals surface area contributed by atoms with Crippen LogP contribution in [0.2, 0.25) is 0 Å². The molecule has 0 bridgehead atoms. The van der Waals surface area contributed by atoms with Crippen LogP contribution in [0.3, 0.4) is 0 Å². The largest absolute Gasteiger partial charge is 0.496 e. The van der Waals surface area contributed by atoms with Crippen molar-refractivity contribution >= 4 is 11.9 Å². The minimum absolute atomic E-state index is 0.0466. The fraction of sp³-hybridized carbons (Fsp3) is 0.472. The molecule has 16 heteroatoms. The van der Waals surface area contributed by atoms with Gasteiger partial charge in [-0.25, -0.2) is 9.59 Å². The Labute approximate surface area is 405 Å². The molecule has 0 radical (unpaired) electrons. The molecule has 2 aliphatic heterocycles.